The summed E-state index contributed by atoms with van der Waals surface area (Å²) in [4.78, 5) is 201. The van der Waals surface area contributed by atoms with Gasteiger partial charge < -0.3 is 114 Å². The second kappa shape index (κ2) is 90.2. The maximum Gasteiger partial charge on any atom is 0.407 e. The lowest BCUT2D eigenvalue weighted by Gasteiger charge is -2.19. The van der Waals surface area contributed by atoms with Crippen molar-refractivity contribution in [1.29, 1.82) is 10.0 Å². The minimum Gasteiger partial charge on any atom is -0.481 e. The number of alkyl carbamates (subject to hydrolysis) is 2. The number of ketones is 3. The molecular weight excluding hydrogens is 2290 g/mol. The van der Waals surface area contributed by atoms with E-state index in [2.05, 4.69) is 171 Å². The van der Waals surface area contributed by atoms with Gasteiger partial charge in [0.15, 0.2) is 0 Å². The van der Waals surface area contributed by atoms with Crippen LogP contribution >= 0.6 is 144 Å². The Kier molecular flexibility index (Phi) is 102. The molecule has 1 rings (SSSR count). The zero-order chi connectivity index (χ0) is 96.5. The van der Waals surface area contributed by atoms with Crippen LogP contribution in [0, 0.1) is 16.3 Å². The number of nitrogens with one attached hydrogen (secondary N) is 11. The van der Waals surface area contributed by atoms with Crippen LogP contribution in [0.1, 0.15) is 187 Å². The van der Waals surface area contributed by atoms with Crippen LogP contribution in [0.15, 0.2) is 0 Å². The average molecular weight is 2420 g/mol. The average Bonchev–Trinajstić information content (AvgIpc) is 1.73. The number of urea groups is 3. The van der Waals surface area contributed by atoms with Crippen molar-refractivity contribution >= 4 is 263 Å². The first-order valence-electron chi connectivity index (χ1n) is 37.4. The van der Waals surface area contributed by atoms with E-state index in [9.17, 15) is 86.3 Å². The first-order valence-corrected chi connectivity index (χ1v) is 44.6. The third-order valence-electron chi connectivity index (χ3n) is 11.1. The van der Waals surface area contributed by atoms with Crippen LogP contribution in [0.5, 0.6) is 0 Å². The van der Waals surface area contributed by atoms with Gasteiger partial charge in [-0.05, 0) is 123 Å². The van der Waals surface area contributed by atoms with Crippen LogP contribution in [0.3, 0.4) is 0 Å². The minimum absolute atomic E-state index is 0. The molecule has 0 atom stereocenters. The largest absolute Gasteiger partial charge is 0.481 e. The second-order valence-corrected chi connectivity index (χ2v) is 31.8. The SMILES string of the molecule is CC(C)(C)OC(=O)CCN.CC(C)(C)OC(=O)CCNC(=O)NCCCC(=O)CBr.CC(C)(C)OC(=O)CCOC#N.CC(C)(C)OC(=O)NCCN.CC(C)(C)OC(=O)NCCNC(=O)CBr.I.I.N=S.NCCNC(=O)CBr.O=C(CBr)CCCNC(=O)NCCC(=O)ON1C(=O)CCC1=O.O=C(O)CBr.O=C(O)CCNC(=O)NCCCC(=O)CBr. The number of carboxylic acids is 2. The van der Waals surface area contributed by atoms with E-state index in [1.807, 2.05) is 41.5 Å². The number of nitrogens with zero attached hydrogens (tertiary/aromatic N) is 2. The van der Waals surface area contributed by atoms with Crippen molar-refractivity contribution in [1.82, 2.24) is 58.2 Å². The molecule has 43 nitrogen and oxygen atoms in total. The Morgan fingerprint density at radius 3 is 0.952 bits per heavy atom. The molecule has 0 bridgehead atoms. The lowest BCUT2D eigenvalue weighted by molar-refractivity contribution is -0.197. The number of nitrogens with two attached hydrogens (primary N) is 3. The molecule has 1 aliphatic heterocycles. The highest BCUT2D eigenvalue weighted by Crippen LogP contribution is 2.14. The Labute approximate surface area is 816 Å². The summed E-state index contributed by atoms with van der Waals surface area (Å²) in [6, 6.07) is -1.23. The molecule has 0 aromatic heterocycles. The van der Waals surface area contributed by atoms with E-state index < -0.39 is 76.4 Å². The smallest absolute Gasteiger partial charge is 0.407 e. The van der Waals surface area contributed by atoms with Crippen molar-refractivity contribution in [2.45, 2.75) is 215 Å². The number of ether oxygens (including phenoxy) is 6. The lowest BCUT2D eigenvalue weighted by atomic mass is 10.2. The Bertz CT molecular complexity index is 3080. The van der Waals surface area contributed by atoms with E-state index in [0.717, 1.165) is 0 Å². The van der Waals surface area contributed by atoms with Crippen molar-refractivity contribution in [3.05, 3.63) is 0 Å². The zero-order valence-corrected chi connectivity index (χ0v) is 88.0. The highest BCUT2D eigenvalue weighted by atomic mass is 127. The molecule has 1 saturated heterocycles. The third kappa shape index (κ3) is 127. The number of nitriles is 1. The molecule has 124 heavy (non-hydrogen) atoms. The van der Waals surface area contributed by atoms with Crippen LogP contribution in [0.4, 0.5) is 24.0 Å². The number of alkyl halides is 6. The van der Waals surface area contributed by atoms with Crippen molar-refractivity contribution in [2.24, 2.45) is 17.2 Å². The van der Waals surface area contributed by atoms with Crippen LogP contribution in [0.25, 0.3) is 0 Å². The predicted molar refractivity (Wildman–Crippen MR) is 507 cm³/mol. The van der Waals surface area contributed by atoms with Crippen LogP contribution in [0.2, 0.25) is 0 Å². The van der Waals surface area contributed by atoms with Gasteiger partial charge >= 0.3 is 66.1 Å². The number of carboxylic acid groups (broad SMARTS) is 2. The minimum atomic E-state index is -0.955. The Balaban J connectivity index is -0.000000131. The molecule has 1 aliphatic rings. The summed E-state index contributed by atoms with van der Waals surface area (Å²) in [6.45, 7) is 31.7. The van der Waals surface area contributed by atoms with Crippen LogP contribution < -0.4 is 70.4 Å². The van der Waals surface area contributed by atoms with Gasteiger partial charge in [-0.1, -0.05) is 95.6 Å². The summed E-state index contributed by atoms with van der Waals surface area (Å²) >= 11 is 21.2. The van der Waals surface area contributed by atoms with E-state index in [1.54, 1.807) is 62.3 Å². The quantitative estimate of drug-likeness (QED) is 0.00551. The molecule has 1 heterocycles. The third-order valence-corrected chi connectivity index (χ3v) is 14.5. The van der Waals surface area contributed by atoms with E-state index in [0.29, 0.717) is 137 Å². The molecule has 19 N–H and O–H groups in total. The van der Waals surface area contributed by atoms with Gasteiger partial charge in [-0.2, -0.15) is 5.26 Å². The molecule has 0 aromatic rings. The molecule has 12 amide bonds. The number of aliphatic carboxylic acids is 2. The number of hydrogen-bond donors (Lipinski definition) is 16. The normalized spacial score (nSPS) is 10.6. The maximum atomic E-state index is 11.5. The molecule has 52 heteroatoms. The van der Waals surface area contributed by atoms with Gasteiger partial charge in [-0.3, -0.25) is 57.5 Å². The Hall–Kier alpha value is -6.21. The number of imide groups is 1. The number of carbonyl (C=O) groups excluding carboxylic acids is 16. The Morgan fingerprint density at radius 1 is 0.379 bits per heavy atom. The molecular formula is C72H132Br6I2N16O27S. The first-order chi connectivity index (χ1) is 56.5. The number of halogens is 8. The number of hydroxylamine groups is 2. The van der Waals surface area contributed by atoms with Gasteiger partial charge in [0.25, 0.3) is 18.1 Å². The summed E-state index contributed by atoms with van der Waals surface area (Å²) in [5.41, 5.74) is 13.1. The van der Waals surface area contributed by atoms with Crippen LogP contribution in [-0.2, 0) is 108 Å². The van der Waals surface area contributed by atoms with Crippen molar-refractivity contribution in [3.63, 3.8) is 0 Å². The van der Waals surface area contributed by atoms with Crippen molar-refractivity contribution < 1.29 is 130 Å². The number of rotatable bonds is 40. The van der Waals surface area contributed by atoms with E-state index in [1.165, 1.54) is 6.26 Å². The molecule has 0 saturated carbocycles. The maximum absolute atomic E-state index is 11.5. The second-order valence-electron chi connectivity index (χ2n) is 28.5. The Morgan fingerprint density at radius 2 is 0.661 bits per heavy atom. The molecule has 0 radical (unpaired) electrons. The fraction of sp³-hybridized carbons (Fsp3) is 0.736. The van der Waals surface area contributed by atoms with E-state index >= 15 is 0 Å². The highest BCUT2D eigenvalue weighted by Gasteiger charge is 2.33. The van der Waals surface area contributed by atoms with Crippen molar-refractivity contribution in [3.8, 4) is 6.26 Å². The molecule has 0 aliphatic carbocycles. The van der Waals surface area contributed by atoms with Gasteiger partial charge in [0, 0.05) is 130 Å². The summed E-state index contributed by atoms with van der Waals surface area (Å²) < 4.78 is 34.6. The highest BCUT2D eigenvalue weighted by molar-refractivity contribution is 14.0. The van der Waals surface area contributed by atoms with E-state index in [-0.39, 0.29) is 182 Å². The number of hydrogen-bond acceptors (Lipinski definition) is 31. The fourth-order valence-corrected chi connectivity index (χ4v) is 7.68. The van der Waals surface area contributed by atoms with Gasteiger partial charge in [-0.15, -0.1) is 53.0 Å². The number of esters is 3. The topological polar surface area (TPSA) is 662 Å². The van der Waals surface area contributed by atoms with Gasteiger partial charge in [0.05, 0.1) is 58.8 Å². The summed E-state index contributed by atoms with van der Waals surface area (Å²) in [5.74, 6) is -4.46. The predicted octanol–water partition coefficient (Wildman–Crippen LogP) is 7.13. The number of amides is 12. The molecule has 0 unspecified atom stereocenters. The summed E-state index contributed by atoms with van der Waals surface area (Å²) in [5, 5.41) is 51.3. The zero-order valence-electron chi connectivity index (χ0n) is 73.1. The monoisotopic (exact) mass is 2410 g/mol. The molecule has 1 fully saturated rings. The van der Waals surface area contributed by atoms with Gasteiger partial charge in [0.2, 0.25) is 11.8 Å². The molecule has 0 aromatic carbocycles. The van der Waals surface area contributed by atoms with Crippen LogP contribution in [-0.4, -0.2) is 274 Å². The fourth-order valence-electron chi connectivity index (χ4n) is 6.45. The van der Waals surface area contributed by atoms with Crippen molar-refractivity contribution in [2.75, 3.05) is 124 Å². The van der Waals surface area contributed by atoms with Gasteiger partial charge in [-0.25, -0.2) is 33.5 Å². The summed E-state index contributed by atoms with van der Waals surface area (Å²) in [7, 11) is 0. The van der Waals surface area contributed by atoms with Gasteiger partial charge in [0.1, 0.15) is 57.3 Å². The lowest BCUT2D eigenvalue weighted by Crippen LogP contribution is -2.38. The molecule has 0 spiro atoms. The van der Waals surface area contributed by atoms with E-state index in [4.69, 9.17) is 61.1 Å². The number of carbonyl (C=O) groups is 18. The standard InChI is InChI=1S/C13H18BrN3O6.C13H23BrN2O4.C9H15BrN2O4.C9H17BrN2O3.C8H13NO3.C7H16N2O2.C7H15NO2.C4H9BrN2O.C2H3BrO2.2HI.HNS/c14-8-9(18)2-1-6-15-13(22)16-7-5-12(21)23-17-10(19)3-4-11(17)20;1-13(2,3)20-11(18)6-8-16-12(19)15-7-4-5-10(17)9-14;10-6-7(13)2-1-4-11-9(16)12-5-3-8(14)15;1-9(2,3)15-8(14)12-5-4-11-7(13)6-10;1-8(2,3)12-7(10)4-5-11-6-9;1-7(2,3)11-6(10)9-5-4-8;1-7(2,3)10-6(9)4-5-8;5-3-4(8)7-2-1-6;3-1-2(4)5;;;1-2/h1-8H2,(H2,15,16,22);4-9H2,1-3H3,(H2,15,16,19);1-6H2,(H,14,15)(H2,11,12,16);4-6H2,1-3H3,(H,11,13)(H,12,14);4-5H2,1-3H3;4-5,8H2,1-3H3,(H,9,10);4-5,8H2,1-3H3;1-3,6H2,(H,7,8);1H2,(H,4,5);2*1H;1H. The summed E-state index contributed by atoms with van der Waals surface area (Å²) in [6.07, 6.45) is 3.86. The first kappa shape index (κ1) is 141. The number of Topliss-reactive ketones (excluding diaryl/α,β-unsaturated/α-hetero) is 3. The molecule has 724 valence electrons.